The van der Waals surface area contributed by atoms with E-state index in [0.717, 1.165) is 11.3 Å². The maximum absolute atomic E-state index is 6.00. The van der Waals surface area contributed by atoms with Gasteiger partial charge in [-0.05, 0) is 49.3 Å². The van der Waals surface area contributed by atoms with Gasteiger partial charge in [0.15, 0.2) is 0 Å². The van der Waals surface area contributed by atoms with Crippen LogP contribution in [-0.4, -0.2) is 11.0 Å². The highest BCUT2D eigenvalue weighted by molar-refractivity contribution is 7.80. The minimum Gasteiger partial charge on any atom is -0.389 e. The van der Waals surface area contributed by atoms with E-state index in [4.69, 9.17) is 29.6 Å². The Morgan fingerprint density at radius 2 is 2.00 bits per heavy atom. The smallest absolute Gasteiger partial charge is 0.106 e. The van der Waals surface area contributed by atoms with Crippen LogP contribution in [0.4, 0.5) is 5.69 Å². The average Bonchev–Trinajstić information content (AvgIpc) is 2.33. The van der Waals surface area contributed by atoms with E-state index in [-0.39, 0.29) is 0 Å². The summed E-state index contributed by atoms with van der Waals surface area (Å²) in [5.74, 6) is 0. The molecule has 0 aromatic heterocycles. The molecule has 0 amide bonds. The minimum absolute atomic E-state index is 0.390. The Labute approximate surface area is 125 Å². The van der Waals surface area contributed by atoms with Gasteiger partial charge in [0, 0.05) is 22.3 Å². The maximum Gasteiger partial charge on any atom is 0.106 e. The van der Waals surface area contributed by atoms with Crippen molar-refractivity contribution in [1.82, 2.24) is 0 Å². The van der Waals surface area contributed by atoms with Crippen molar-refractivity contribution in [2.75, 3.05) is 5.32 Å². The summed E-state index contributed by atoms with van der Waals surface area (Å²) in [6.07, 6.45) is 4.88. The highest BCUT2D eigenvalue weighted by Crippen LogP contribution is 2.36. The molecule has 0 atom stereocenters. The molecule has 0 radical (unpaired) electrons. The molecule has 1 aliphatic carbocycles. The quantitative estimate of drug-likeness (QED) is 0.814. The van der Waals surface area contributed by atoms with Gasteiger partial charge in [-0.3, -0.25) is 0 Å². The molecule has 3 N–H and O–H groups in total. The molecule has 0 spiro atoms. The molecule has 0 aliphatic heterocycles. The van der Waals surface area contributed by atoms with Crippen LogP contribution in [-0.2, 0) is 0 Å². The van der Waals surface area contributed by atoms with Gasteiger partial charge in [0.25, 0.3) is 0 Å². The van der Waals surface area contributed by atoms with Gasteiger partial charge in [-0.25, -0.2) is 0 Å². The predicted molar refractivity (Wildman–Crippen MR) is 87.0 cm³/mol. The third kappa shape index (κ3) is 3.83. The fraction of sp³-hybridized carbons (Fsp3) is 0.533. The summed E-state index contributed by atoms with van der Waals surface area (Å²) in [5.41, 5.74) is 8.08. The molecule has 19 heavy (non-hydrogen) atoms. The zero-order valence-corrected chi connectivity index (χ0v) is 13.1. The second kappa shape index (κ2) is 5.68. The fourth-order valence-electron chi connectivity index (χ4n) is 2.61. The fourth-order valence-corrected chi connectivity index (χ4v) is 2.95. The van der Waals surface area contributed by atoms with Gasteiger partial charge in [-0.1, -0.05) is 37.7 Å². The molecule has 0 unspecified atom stereocenters. The Hall–Kier alpha value is -0.800. The van der Waals surface area contributed by atoms with Crippen LogP contribution < -0.4 is 11.1 Å². The van der Waals surface area contributed by atoms with Crippen molar-refractivity contribution in [3.05, 3.63) is 28.8 Å². The van der Waals surface area contributed by atoms with Crippen molar-refractivity contribution in [3.63, 3.8) is 0 Å². The summed E-state index contributed by atoms with van der Waals surface area (Å²) < 4.78 is 0. The van der Waals surface area contributed by atoms with Crippen molar-refractivity contribution in [3.8, 4) is 0 Å². The van der Waals surface area contributed by atoms with Gasteiger partial charge in [-0.15, -0.1) is 0 Å². The van der Waals surface area contributed by atoms with Gasteiger partial charge >= 0.3 is 0 Å². The van der Waals surface area contributed by atoms with Gasteiger partial charge in [0.2, 0.25) is 0 Å². The molecular formula is C15H21ClN2S. The number of thiocarbonyl (C=S) groups is 1. The number of halogens is 1. The van der Waals surface area contributed by atoms with Gasteiger partial charge in [-0.2, -0.15) is 0 Å². The maximum atomic E-state index is 6.00. The first-order valence-corrected chi connectivity index (χ1v) is 7.52. The number of nitrogens with one attached hydrogen (secondary N) is 1. The van der Waals surface area contributed by atoms with E-state index in [2.05, 4.69) is 19.2 Å². The zero-order chi connectivity index (χ0) is 14.0. The molecule has 104 valence electrons. The summed E-state index contributed by atoms with van der Waals surface area (Å²) in [4.78, 5) is 0.390. The number of benzene rings is 1. The van der Waals surface area contributed by atoms with Crippen molar-refractivity contribution < 1.29 is 0 Å². The number of nitrogens with two attached hydrogens (primary N) is 1. The van der Waals surface area contributed by atoms with Crippen molar-refractivity contribution in [1.29, 1.82) is 0 Å². The second-order valence-corrected chi connectivity index (χ2v) is 7.01. The largest absolute Gasteiger partial charge is 0.389 e. The van der Waals surface area contributed by atoms with E-state index in [0.29, 0.717) is 21.5 Å². The topological polar surface area (TPSA) is 38.0 Å². The van der Waals surface area contributed by atoms with Crippen LogP contribution in [0.25, 0.3) is 0 Å². The minimum atomic E-state index is 0.390. The van der Waals surface area contributed by atoms with E-state index in [9.17, 15) is 0 Å². The Morgan fingerprint density at radius 3 is 2.58 bits per heavy atom. The van der Waals surface area contributed by atoms with E-state index in [1.54, 1.807) is 0 Å². The Balaban J connectivity index is 2.10. The summed E-state index contributed by atoms with van der Waals surface area (Å²) in [6, 6.07) is 6.18. The third-order valence-corrected chi connectivity index (χ3v) is 4.40. The van der Waals surface area contributed by atoms with Crippen LogP contribution in [0, 0.1) is 5.41 Å². The average molecular weight is 297 g/mol. The Kier molecular flexibility index (Phi) is 4.36. The highest BCUT2D eigenvalue weighted by Gasteiger charge is 2.27. The van der Waals surface area contributed by atoms with Gasteiger partial charge in [0.05, 0.1) is 0 Å². The van der Waals surface area contributed by atoms with Gasteiger partial charge < -0.3 is 11.1 Å². The molecule has 1 aromatic carbocycles. The van der Waals surface area contributed by atoms with E-state index < -0.39 is 0 Å². The van der Waals surface area contributed by atoms with E-state index >= 15 is 0 Å². The summed E-state index contributed by atoms with van der Waals surface area (Å²) in [6.45, 7) is 4.68. The lowest BCUT2D eigenvalue weighted by molar-refractivity contribution is 0.232. The Morgan fingerprint density at radius 1 is 1.37 bits per heavy atom. The van der Waals surface area contributed by atoms with Crippen LogP contribution in [0.3, 0.4) is 0 Å². The lowest BCUT2D eigenvalue weighted by Crippen LogP contribution is -2.30. The second-order valence-electron chi connectivity index (χ2n) is 6.14. The van der Waals surface area contributed by atoms with Crippen molar-refractivity contribution in [2.45, 2.75) is 45.6 Å². The number of anilines is 1. The molecular weight excluding hydrogens is 276 g/mol. The molecule has 1 saturated carbocycles. The first-order chi connectivity index (χ1) is 8.87. The normalized spacial score (nSPS) is 19.1. The van der Waals surface area contributed by atoms with Crippen LogP contribution in [0.15, 0.2) is 18.2 Å². The van der Waals surface area contributed by atoms with Crippen LogP contribution in [0.5, 0.6) is 0 Å². The summed E-state index contributed by atoms with van der Waals surface area (Å²) >= 11 is 11.1. The molecule has 1 fully saturated rings. The monoisotopic (exact) mass is 296 g/mol. The number of rotatable bonds is 3. The summed E-state index contributed by atoms with van der Waals surface area (Å²) in [5, 5.41) is 4.23. The van der Waals surface area contributed by atoms with Crippen molar-refractivity contribution >= 4 is 34.5 Å². The highest BCUT2D eigenvalue weighted by atomic mass is 35.5. The molecule has 1 aliphatic rings. The number of hydrogen-bond acceptors (Lipinski definition) is 2. The first kappa shape index (κ1) is 14.6. The SMILES string of the molecule is CC1(C)CCC(Nc2ccc(Cl)cc2C(N)=S)CC1. The summed E-state index contributed by atoms with van der Waals surface area (Å²) in [7, 11) is 0. The Bertz CT molecular complexity index is 475. The lowest BCUT2D eigenvalue weighted by atomic mass is 9.75. The van der Waals surface area contributed by atoms with Crippen molar-refractivity contribution in [2.24, 2.45) is 11.1 Å². The molecule has 2 rings (SSSR count). The lowest BCUT2D eigenvalue weighted by Gasteiger charge is -2.35. The van der Waals surface area contributed by atoms with Crippen LogP contribution in [0.2, 0.25) is 5.02 Å². The van der Waals surface area contributed by atoms with E-state index in [1.807, 2.05) is 18.2 Å². The first-order valence-electron chi connectivity index (χ1n) is 6.73. The zero-order valence-electron chi connectivity index (χ0n) is 11.5. The molecule has 0 saturated heterocycles. The molecule has 0 bridgehead atoms. The van der Waals surface area contributed by atoms with Gasteiger partial charge in [0.1, 0.15) is 4.99 Å². The van der Waals surface area contributed by atoms with E-state index in [1.165, 1.54) is 25.7 Å². The standard InChI is InChI=1S/C15H21ClN2S/c1-15(2)7-5-11(6-8-15)18-13-4-3-10(16)9-12(13)14(17)19/h3-4,9,11,18H,5-8H2,1-2H3,(H2,17,19). The molecule has 4 heteroatoms. The van der Waals surface area contributed by atoms with Crippen LogP contribution in [0.1, 0.15) is 45.1 Å². The third-order valence-electron chi connectivity index (χ3n) is 3.95. The predicted octanol–water partition coefficient (Wildman–Crippen LogP) is 4.35. The molecule has 1 aromatic rings. The molecule has 2 nitrogen and oxygen atoms in total. The van der Waals surface area contributed by atoms with Crippen LogP contribution >= 0.6 is 23.8 Å². The number of hydrogen-bond donors (Lipinski definition) is 2. The molecule has 0 heterocycles.